The van der Waals surface area contributed by atoms with Crippen LogP contribution < -0.4 is 18.9 Å². The fraction of sp³-hybridized carbons (Fsp3) is 0. The van der Waals surface area contributed by atoms with E-state index in [1.165, 1.54) is 0 Å². The predicted octanol–water partition coefficient (Wildman–Crippen LogP) is 2.42. The molecule has 0 amide bonds. The van der Waals surface area contributed by atoms with Gasteiger partial charge in [0.25, 0.3) is 0 Å². The summed E-state index contributed by atoms with van der Waals surface area (Å²) in [6, 6.07) is 0. The van der Waals surface area contributed by atoms with E-state index in [-0.39, 0.29) is 18.9 Å². The summed E-state index contributed by atoms with van der Waals surface area (Å²) < 4.78 is 130. The molecular formula is C12F10LiN. The zero-order chi connectivity index (χ0) is 17.6. The summed E-state index contributed by atoms with van der Waals surface area (Å²) in [4.78, 5) is 0. The molecule has 2 aromatic rings. The van der Waals surface area contributed by atoms with Crippen molar-refractivity contribution in [3.63, 3.8) is 0 Å². The molecule has 0 aromatic heterocycles. The van der Waals surface area contributed by atoms with Crippen LogP contribution in [0.15, 0.2) is 0 Å². The van der Waals surface area contributed by atoms with Gasteiger partial charge < -0.3 is 5.32 Å². The summed E-state index contributed by atoms with van der Waals surface area (Å²) in [5.41, 5.74) is -4.21. The first kappa shape index (κ1) is 20.2. The monoisotopic (exact) mass is 355 g/mol. The van der Waals surface area contributed by atoms with Gasteiger partial charge in [-0.3, -0.25) is 0 Å². The van der Waals surface area contributed by atoms with E-state index >= 15 is 0 Å². The maximum Gasteiger partial charge on any atom is 1.00 e. The van der Waals surface area contributed by atoms with E-state index in [1.807, 2.05) is 0 Å². The van der Waals surface area contributed by atoms with Gasteiger partial charge in [0.15, 0.2) is 34.9 Å². The molecule has 0 saturated carbocycles. The van der Waals surface area contributed by atoms with Crippen LogP contribution in [0, 0.1) is 58.2 Å². The first-order valence-corrected chi connectivity index (χ1v) is 5.34. The second-order valence-electron chi connectivity index (χ2n) is 3.95. The van der Waals surface area contributed by atoms with Gasteiger partial charge in [-0.15, -0.1) is 0 Å². The van der Waals surface area contributed by atoms with Gasteiger partial charge >= 0.3 is 18.9 Å². The van der Waals surface area contributed by atoms with Crippen LogP contribution in [-0.2, 0) is 0 Å². The Labute approximate surface area is 138 Å². The van der Waals surface area contributed by atoms with Crippen molar-refractivity contribution in [2.24, 2.45) is 0 Å². The number of hydrogen-bond acceptors (Lipinski definition) is 0. The molecule has 1 nitrogen and oxygen atoms in total. The molecule has 0 bridgehead atoms. The standard InChI is InChI=1S/C12F10N.Li/c13-1-3(15)7(19)11(8(20)4(1)16)23-12-9(21)5(17)2(14)6(18)10(12)22;/q-1;+1. The SMILES string of the molecule is Fc1c(F)c(F)c([N-]c2c(F)c(F)c(F)c(F)c2F)c(F)c1F.[Li+]. The van der Waals surface area contributed by atoms with Gasteiger partial charge in [0.1, 0.15) is 23.3 Å². The van der Waals surface area contributed by atoms with Gasteiger partial charge in [-0.2, -0.15) is 0 Å². The number of hydrogen-bond donors (Lipinski definition) is 0. The molecule has 0 spiro atoms. The molecule has 0 atom stereocenters. The molecule has 0 aliphatic carbocycles. The zero-order valence-corrected chi connectivity index (χ0v) is 11.2. The summed E-state index contributed by atoms with van der Waals surface area (Å²) in [5.74, 6) is -25.6. The average Bonchev–Trinajstić information content (AvgIpc) is 2.54. The van der Waals surface area contributed by atoms with Crippen LogP contribution in [0.2, 0.25) is 0 Å². The molecule has 0 radical (unpaired) electrons. The minimum absolute atomic E-state index is 0. The molecule has 0 N–H and O–H groups in total. The van der Waals surface area contributed by atoms with E-state index in [0.717, 1.165) is 0 Å². The smallest absolute Gasteiger partial charge is 0.648 e. The van der Waals surface area contributed by atoms with Gasteiger partial charge in [-0.05, 0) is 0 Å². The molecule has 2 rings (SSSR count). The summed E-state index contributed by atoms with van der Waals surface area (Å²) in [5, 5.41) is 2.37. The second kappa shape index (κ2) is 6.94. The molecule has 24 heavy (non-hydrogen) atoms. The Kier molecular flexibility index (Phi) is 5.84. The van der Waals surface area contributed by atoms with Crippen molar-refractivity contribution in [3.05, 3.63) is 63.5 Å². The molecular weight excluding hydrogens is 355 g/mol. The summed E-state index contributed by atoms with van der Waals surface area (Å²) in [7, 11) is 0. The van der Waals surface area contributed by atoms with Crippen molar-refractivity contribution in [3.8, 4) is 0 Å². The Morgan fingerprint density at radius 1 is 0.333 bits per heavy atom. The van der Waals surface area contributed by atoms with Crippen molar-refractivity contribution in [2.45, 2.75) is 0 Å². The number of rotatable bonds is 2. The molecule has 0 heterocycles. The first-order valence-electron chi connectivity index (χ1n) is 5.34. The van der Waals surface area contributed by atoms with Gasteiger partial charge in [0, 0.05) is 0 Å². The fourth-order valence-corrected chi connectivity index (χ4v) is 1.49. The average molecular weight is 355 g/mol. The van der Waals surface area contributed by atoms with Crippen LogP contribution in [0.4, 0.5) is 55.3 Å². The summed E-state index contributed by atoms with van der Waals surface area (Å²) in [6.07, 6.45) is 0. The van der Waals surface area contributed by atoms with E-state index in [2.05, 4.69) is 5.32 Å². The van der Waals surface area contributed by atoms with Crippen LogP contribution in [0.3, 0.4) is 0 Å². The normalized spacial score (nSPS) is 10.6. The van der Waals surface area contributed by atoms with E-state index < -0.39 is 69.5 Å². The largest absolute Gasteiger partial charge is 1.00 e. The molecule has 124 valence electrons. The van der Waals surface area contributed by atoms with Crippen molar-refractivity contribution in [2.75, 3.05) is 0 Å². The molecule has 0 saturated heterocycles. The number of halogens is 10. The molecule has 0 unspecified atom stereocenters. The third kappa shape index (κ3) is 2.93. The maximum atomic E-state index is 13.3. The van der Waals surface area contributed by atoms with Crippen LogP contribution >= 0.6 is 0 Å². The van der Waals surface area contributed by atoms with E-state index in [4.69, 9.17) is 0 Å². The Morgan fingerprint density at radius 2 is 0.500 bits per heavy atom. The van der Waals surface area contributed by atoms with E-state index in [1.54, 1.807) is 0 Å². The Balaban J connectivity index is 0.00000288. The maximum absolute atomic E-state index is 13.3. The van der Waals surface area contributed by atoms with Crippen LogP contribution in [0.5, 0.6) is 0 Å². The van der Waals surface area contributed by atoms with E-state index in [9.17, 15) is 43.9 Å². The van der Waals surface area contributed by atoms with Crippen molar-refractivity contribution < 1.29 is 62.8 Å². The van der Waals surface area contributed by atoms with Crippen LogP contribution in [-0.4, -0.2) is 0 Å². The number of nitrogens with zero attached hydrogens (tertiary/aromatic N) is 1. The molecule has 2 aromatic carbocycles. The summed E-state index contributed by atoms with van der Waals surface area (Å²) in [6.45, 7) is 0. The van der Waals surface area contributed by atoms with Gasteiger partial charge in [0.05, 0.1) is 0 Å². The molecule has 12 heteroatoms. The minimum atomic E-state index is -2.59. The van der Waals surface area contributed by atoms with Crippen LogP contribution in [0.1, 0.15) is 0 Å². The summed E-state index contributed by atoms with van der Waals surface area (Å²) >= 11 is 0. The number of benzene rings is 2. The van der Waals surface area contributed by atoms with Gasteiger partial charge in [-0.25, -0.2) is 43.9 Å². The van der Waals surface area contributed by atoms with E-state index in [0.29, 0.717) is 0 Å². The Bertz CT molecular complexity index is 697. The molecule has 0 aliphatic rings. The molecule has 0 fully saturated rings. The van der Waals surface area contributed by atoms with Gasteiger partial charge in [0.2, 0.25) is 0 Å². The Morgan fingerprint density at radius 3 is 0.708 bits per heavy atom. The topological polar surface area (TPSA) is 14.1 Å². The van der Waals surface area contributed by atoms with Crippen molar-refractivity contribution in [1.29, 1.82) is 0 Å². The van der Waals surface area contributed by atoms with Crippen molar-refractivity contribution in [1.82, 2.24) is 0 Å². The van der Waals surface area contributed by atoms with Crippen LogP contribution in [0.25, 0.3) is 5.32 Å². The van der Waals surface area contributed by atoms with Gasteiger partial charge in [-0.1, -0.05) is 11.4 Å². The quantitative estimate of drug-likeness (QED) is 0.340. The minimum Gasteiger partial charge on any atom is -0.648 e. The zero-order valence-electron chi connectivity index (χ0n) is 11.2. The third-order valence-corrected chi connectivity index (χ3v) is 2.60. The fourth-order valence-electron chi connectivity index (χ4n) is 1.49. The third-order valence-electron chi connectivity index (χ3n) is 2.60. The molecule has 0 aliphatic heterocycles. The first-order chi connectivity index (χ1) is 10.6. The predicted molar refractivity (Wildman–Crippen MR) is 55.1 cm³/mol. The Hall–Kier alpha value is -1.86. The second-order valence-corrected chi connectivity index (χ2v) is 3.95. The van der Waals surface area contributed by atoms with Crippen molar-refractivity contribution >= 4 is 11.4 Å².